The van der Waals surface area contributed by atoms with Crippen LogP contribution in [0.2, 0.25) is 0 Å². The Hall–Kier alpha value is -5.06. The highest BCUT2D eigenvalue weighted by atomic mass is 16.4. The summed E-state index contributed by atoms with van der Waals surface area (Å²) in [6.07, 6.45) is 7.45. The van der Waals surface area contributed by atoms with Gasteiger partial charge in [-0.2, -0.15) is 5.10 Å². The number of nitrogens with zero attached hydrogens (tertiary/aromatic N) is 5. The van der Waals surface area contributed by atoms with E-state index in [0.29, 0.717) is 24.1 Å². The van der Waals surface area contributed by atoms with Crippen molar-refractivity contribution in [2.75, 3.05) is 0 Å². The average molecular weight is 543 g/mol. The number of aryl methyl sites for hydroxylation is 1. The largest absolute Gasteiger partial charge is 0.411 e. The number of benzene rings is 2. The standard InChI is InChI=1S/C30H24BN6O4/c38-27-9-8-26(29(39)33-27)36-15-23-21(30(36)40)2-1-3-24(23)31-37-16-22(28(34-37)17-10-12-32-13-11-17)19-4-6-20-18(14-19)5-7-25(20)35-41/h1-4,6,10-14,16,26,41H,5,7-9,15H2,(H,33,38,39)/b35-25+. The van der Waals surface area contributed by atoms with Crippen molar-refractivity contribution in [1.29, 1.82) is 0 Å². The summed E-state index contributed by atoms with van der Waals surface area (Å²) >= 11 is 0. The van der Waals surface area contributed by atoms with Gasteiger partial charge in [0.25, 0.3) is 5.91 Å². The van der Waals surface area contributed by atoms with Crippen LogP contribution >= 0.6 is 0 Å². The molecule has 11 heteroatoms. The van der Waals surface area contributed by atoms with Crippen LogP contribution < -0.4 is 10.8 Å². The third kappa shape index (κ3) is 4.30. The van der Waals surface area contributed by atoms with Crippen molar-refractivity contribution in [1.82, 2.24) is 24.9 Å². The lowest BCUT2D eigenvalue weighted by molar-refractivity contribution is -0.136. The van der Waals surface area contributed by atoms with Gasteiger partial charge in [0.05, 0.1) is 11.4 Å². The van der Waals surface area contributed by atoms with Crippen LogP contribution in [0, 0.1) is 0 Å². The van der Waals surface area contributed by atoms with E-state index in [1.807, 2.05) is 50.0 Å². The first-order valence-corrected chi connectivity index (χ1v) is 13.5. The summed E-state index contributed by atoms with van der Waals surface area (Å²) < 4.78 is 1.76. The first-order chi connectivity index (χ1) is 20.0. The van der Waals surface area contributed by atoms with Gasteiger partial charge in [-0.25, -0.2) is 0 Å². The van der Waals surface area contributed by atoms with Crippen molar-refractivity contribution in [2.45, 2.75) is 38.3 Å². The van der Waals surface area contributed by atoms with Crippen molar-refractivity contribution in [3.05, 3.63) is 89.4 Å². The van der Waals surface area contributed by atoms with Gasteiger partial charge in [0.2, 0.25) is 11.8 Å². The van der Waals surface area contributed by atoms with Crippen molar-refractivity contribution < 1.29 is 19.6 Å². The Morgan fingerprint density at radius 2 is 1.80 bits per heavy atom. The number of nitrogens with one attached hydrogen (secondary N) is 1. The van der Waals surface area contributed by atoms with Crippen LogP contribution in [-0.4, -0.2) is 61.7 Å². The van der Waals surface area contributed by atoms with Crippen molar-refractivity contribution >= 4 is 36.3 Å². The van der Waals surface area contributed by atoms with Gasteiger partial charge in [-0.05, 0) is 54.2 Å². The van der Waals surface area contributed by atoms with Gasteiger partial charge < -0.3 is 14.7 Å². The zero-order chi connectivity index (χ0) is 28.1. The molecule has 2 aromatic carbocycles. The number of hydrogen-bond donors (Lipinski definition) is 2. The Bertz CT molecular complexity index is 1770. The van der Waals surface area contributed by atoms with E-state index in [9.17, 15) is 19.6 Å². The number of carbonyl (C=O) groups is 3. The first-order valence-electron chi connectivity index (χ1n) is 13.5. The third-order valence-electron chi connectivity index (χ3n) is 8.05. The van der Waals surface area contributed by atoms with Gasteiger partial charge in [0, 0.05) is 53.8 Å². The molecule has 2 aromatic heterocycles. The lowest BCUT2D eigenvalue weighted by Gasteiger charge is -2.29. The lowest BCUT2D eigenvalue weighted by atomic mass is 9.78. The Morgan fingerprint density at radius 3 is 2.61 bits per heavy atom. The minimum atomic E-state index is -0.675. The highest BCUT2D eigenvalue weighted by Gasteiger charge is 2.39. The summed E-state index contributed by atoms with van der Waals surface area (Å²) in [7, 11) is 1.89. The van der Waals surface area contributed by atoms with E-state index < -0.39 is 11.9 Å². The number of piperidine rings is 1. The molecule has 2 N–H and O–H groups in total. The Labute approximate surface area is 236 Å². The molecule has 1 unspecified atom stereocenters. The predicted octanol–water partition coefficient (Wildman–Crippen LogP) is 2.29. The summed E-state index contributed by atoms with van der Waals surface area (Å²) in [5, 5.41) is 20.1. The molecule has 0 bridgehead atoms. The van der Waals surface area contributed by atoms with Gasteiger partial charge in [-0.1, -0.05) is 41.0 Å². The summed E-state index contributed by atoms with van der Waals surface area (Å²) in [5.74, 6) is -0.958. The maximum atomic E-state index is 13.3. The molecule has 7 rings (SSSR count). The number of pyridine rings is 1. The molecule has 201 valence electrons. The number of oxime groups is 1. The molecule has 1 radical (unpaired) electrons. The van der Waals surface area contributed by atoms with E-state index >= 15 is 0 Å². The topological polar surface area (TPSA) is 130 Å². The lowest BCUT2D eigenvalue weighted by Crippen LogP contribution is -2.52. The number of fused-ring (bicyclic) bond motifs is 2. The average Bonchev–Trinajstić information content (AvgIpc) is 3.69. The number of aromatic nitrogens is 3. The van der Waals surface area contributed by atoms with Gasteiger partial charge >= 0.3 is 7.41 Å². The molecule has 4 heterocycles. The highest BCUT2D eigenvalue weighted by Crippen LogP contribution is 2.34. The summed E-state index contributed by atoms with van der Waals surface area (Å²) in [6.45, 7) is 0.276. The van der Waals surface area contributed by atoms with E-state index in [0.717, 1.165) is 51.0 Å². The maximum Gasteiger partial charge on any atom is 0.317 e. The fraction of sp³-hybridized carbons (Fsp3) is 0.200. The SMILES string of the molecule is O=C1CCC(N2Cc3c([B]n4cc(-c5ccc6c(c5)CC/C6=N\O)c(-c5ccncc5)n4)cccc3C2=O)C(=O)N1. The molecule has 1 atom stereocenters. The van der Waals surface area contributed by atoms with Crippen LogP contribution in [0.15, 0.2) is 72.3 Å². The van der Waals surface area contributed by atoms with Crippen molar-refractivity contribution in [3.8, 4) is 22.4 Å². The van der Waals surface area contributed by atoms with Crippen LogP contribution in [0.3, 0.4) is 0 Å². The Balaban J connectivity index is 1.24. The first kappa shape index (κ1) is 24.9. The normalized spacial score (nSPS) is 18.9. The number of imide groups is 1. The summed E-state index contributed by atoms with van der Waals surface area (Å²) in [6, 6.07) is 14.8. The molecule has 1 aliphatic carbocycles. The molecule has 3 aliphatic rings. The molecular weight excluding hydrogens is 519 g/mol. The van der Waals surface area contributed by atoms with Crippen LogP contribution in [0.4, 0.5) is 0 Å². The predicted molar refractivity (Wildman–Crippen MR) is 151 cm³/mol. The molecule has 4 aromatic rings. The van der Waals surface area contributed by atoms with Gasteiger partial charge in [0.15, 0.2) is 0 Å². The van der Waals surface area contributed by atoms with Crippen LogP contribution in [0.1, 0.15) is 46.3 Å². The Morgan fingerprint density at radius 1 is 0.951 bits per heavy atom. The molecular formula is C30H24BN6O4. The van der Waals surface area contributed by atoms with Gasteiger partial charge in [-0.15, -0.1) is 0 Å². The Kier molecular flexibility index (Phi) is 5.99. The summed E-state index contributed by atoms with van der Waals surface area (Å²) in [5.41, 5.74) is 8.59. The molecule has 0 saturated carbocycles. The molecule has 41 heavy (non-hydrogen) atoms. The van der Waals surface area contributed by atoms with Crippen LogP contribution in [-0.2, 0) is 22.6 Å². The van der Waals surface area contributed by atoms with Crippen molar-refractivity contribution in [3.63, 3.8) is 0 Å². The summed E-state index contributed by atoms with van der Waals surface area (Å²) in [4.78, 5) is 43.1. The van der Waals surface area contributed by atoms with E-state index in [-0.39, 0.29) is 24.8 Å². The zero-order valence-electron chi connectivity index (χ0n) is 21.9. The maximum absolute atomic E-state index is 13.3. The van der Waals surface area contributed by atoms with E-state index in [4.69, 9.17) is 5.10 Å². The fourth-order valence-corrected chi connectivity index (χ4v) is 6.01. The molecule has 3 amide bonds. The van der Waals surface area contributed by atoms with Crippen LogP contribution in [0.5, 0.6) is 0 Å². The van der Waals surface area contributed by atoms with Gasteiger partial charge in [0.1, 0.15) is 6.04 Å². The van der Waals surface area contributed by atoms with Gasteiger partial charge in [-0.3, -0.25) is 24.7 Å². The minimum Gasteiger partial charge on any atom is -0.411 e. The van der Waals surface area contributed by atoms with E-state index in [1.54, 1.807) is 28.0 Å². The quantitative estimate of drug-likeness (QED) is 0.172. The number of rotatable bonds is 5. The highest BCUT2D eigenvalue weighted by molar-refractivity contribution is 6.52. The molecule has 1 fully saturated rings. The second kappa shape index (κ2) is 9.85. The number of hydrogen-bond acceptors (Lipinski definition) is 7. The minimum absolute atomic E-state index is 0.208. The molecule has 2 aliphatic heterocycles. The monoisotopic (exact) mass is 543 g/mol. The second-order valence-corrected chi connectivity index (χ2v) is 10.4. The molecule has 10 nitrogen and oxygen atoms in total. The number of carbonyl (C=O) groups excluding carboxylic acids is 3. The number of amides is 3. The second-order valence-electron chi connectivity index (χ2n) is 10.4. The molecule has 1 saturated heterocycles. The van der Waals surface area contributed by atoms with E-state index in [1.165, 1.54) is 0 Å². The fourth-order valence-electron chi connectivity index (χ4n) is 6.01. The van der Waals surface area contributed by atoms with Crippen LogP contribution in [0.25, 0.3) is 22.4 Å². The smallest absolute Gasteiger partial charge is 0.317 e. The third-order valence-corrected chi connectivity index (χ3v) is 8.05. The van der Waals surface area contributed by atoms with Crippen molar-refractivity contribution in [2.24, 2.45) is 5.16 Å². The van der Waals surface area contributed by atoms with E-state index in [2.05, 4.69) is 21.5 Å². The molecule has 0 spiro atoms. The zero-order valence-corrected chi connectivity index (χ0v) is 21.9.